The van der Waals surface area contributed by atoms with E-state index in [1.54, 1.807) is 0 Å². The van der Waals surface area contributed by atoms with Gasteiger partial charge in [-0.25, -0.2) is 8.42 Å². The number of amides is 2. The zero-order valence-electron chi connectivity index (χ0n) is 14.2. The van der Waals surface area contributed by atoms with Gasteiger partial charge in [-0.3, -0.25) is 9.59 Å². The Morgan fingerprint density at radius 1 is 1.24 bits per heavy atom. The van der Waals surface area contributed by atoms with Gasteiger partial charge in [0.1, 0.15) is 5.75 Å². The van der Waals surface area contributed by atoms with Crippen molar-refractivity contribution in [3.05, 3.63) is 24.3 Å². The van der Waals surface area contributed by atoms with Crippen molar-refractivity contribution < 1.29 is 27.9 Å². The van der Waals surface area contributed by atoms with Crippen LogP contribution in [-0.2, 0) is 24.2 Å². The number of carbonyl (C=O) groups is 2. The number of hydrogen-bond donors (Lipinski definition) is 1. The molecule has 1 aliphatic rings. The van der Waals surface area contributed by atoms with Gasteiger partial charge in [0.05, 0.1) is 18.1 Å². The SMILES string of the molecule is COCCN(C(=O)C(=O)N(C)c1ccc(O)cc1)C1CCS(=O)(=O)C1. The number of sulfone groups is 1. The highest BCUT2D eigenvalue weighted by molar-refractivity contribution is 7.91. The van der Waals surface area contributed by atoms with Crippen LogP contribution in [-0.4, -0.2) is 75.1 Å². The summed E-state index contributed by atoms with van der Waals surface area (Å²) in [6.07, 6.45) is 0.313. The van der Waals surface area contributed by atoms with Gasteiger partial charge in [-0.15, -0.1) is 0 Å². The minimum atomic E-state index is -3.19. The number of hydrogen-bond acceptors (Lipinski definition) is 6. The standard InChI is InChI=1S/C16H22N2O6S/c1-17(12-3-5-14(19)6-4-12)15(20)16(21)18(8-9-24-2)13-7-10-25(22,23)11-13/h3-6,13,19H,7-11H2,1-2H3. The third-order valence-electron chi connectivity index (χ3n) is 4.17. The maximum atomic E-state index is 12.7. The fourth-order valence-electron chi connectivity index (χ4n) is 2.72. The lowest BCUT2D eigenvalue weighted by atomic mass is 10.2. The third kappa shape index (κ3) is 4.70. The third-order valence-corrected chi connectivity index (χ3v) is 5.92. The normalized spacial score (nSPS) is 18.7. The van der Waals surface area contributed by atoms with Crippen LogP contribution in [0.3, 0.4) is 0 Å². The Hall–Kier alpha value is -2.13. The molecule has 25 heavy (non-hydrogen) atoms. The number of phenols is 1. The van der Waals surface area contributed by atoms with E-state index in [9.17, 15) is 23.1 Å². The summed E-state index contributed by atoms with van der Waals surface area (Å²) >= 11 is 0. The summed E-state index contributed by atoms with van der Waals surface area (Å²) < 4.78 is 28.4. The predicted molar refractivity (Wildman–Crippen MR) is 92.2 cm³/mol. The maximum absolute atomic E-state index is 12.7. The number of anilines is 1. The summed E-state index contributed by atoms with van der Waals surface area (Å²) in [4.78, 5) is 27.7. The molecule has 1 heterocycles. The molecule has 0 bridgehead atoms. The van der Waals surface area contributed by atoms with Crippen LogP contribution in [0.2, 0.25) is 0 Å². The van der Waals surface area contributed by atoms with Crippen LogP contribution in [0.15, 0.2) is 24.3 Å². The van der Waals surface area contributed by atoms with Crippen molar-refractivity contribution in [2.24, 2.45) is 0 Å². The summed E-state index contributed by atoms with van der Waals surface area (Å²) in [5.74, 6) is -1.62. The molecule has 1 saturated heterocycles. The summed E-state index contributed by atoms with van der Waals surface area (Å²) in [5.41, 5.74) is 0.446. The van der Waals surface area contributed by atoms with Crippen LogP contribution in [0.1, 0.15) is 6.42 Å². The van der Waals surface area contributed by atoms with E-state index in [1.807, 2.05) is 0 Å². The molecule has 138 valence electrons. The van der Waals surface area contributed by atoms with Crippen molar-refractivity contribution >= 4 is 27.3 Å². The average molecular weight is 370 g/mol. The Morgan fingerprint density at radius 2 is 1.88 bits per heavy atom. The lowest BCUT2D eigenvalue weighted by Gasteiger charge is -2.29. The highest BCUT2D eigenvalue weighted by Gasteiger charge is 2.37. The minimum Gasteiger partial charge on any atom is -0.508 e. The highest BCUT2D eigenvalue weighted by atomic mass is 32.2. The van der Waals surface area contributed by atoms with Gasteiger partial charge in [0.2, 0.25) is 0 Å². The summed E-state index contributed by atoms with van der Waals surface area (Å²) in [7, 11) is -0.268. The van der Waals surface area contributed by atoms with E-state index in [0.29, 0.717) is 12.1 Å². The molecule has 2 rings (SSSR count). The Kier molecular flexibility index (Phi) is 6.02. The van der Waals surface area contributed by atoms with Crippen LogP contribution in [0.25, 0.3) is 0 Å². The van der Waals surface area contributed by atoms with Crippen molar-refractivity contribution in [2.75, 3.05) is 43.7 Å². The second-order valence-electron chi connectivity index (χ2n) is 5.93. The molecule has 2 amide bonds. The molecule has 0 saturated carbocycles. The molecule has 1 fully saturated rings. The highest BCUT2D eigenvalue weighted by Crippen LogP contribution is 2.21. The van der Waals surface area contributed by atoms with Crippen molar-refractivity contribution in [2.45, 2.75) is 12.5 Å². The molecule has 1 aromatic rings. The molecular weight excluding hydrogens is 348 g/mol. The van der Waals surface area contributed by atoms with Crippen molar-refractivity contribution in [3.8, 4) is 5.75 Å². The van der Waals surface area contributed by atoms with Gasteiger partial charge in [-0.2, -0.15) is 0 Å². The largest absolute Gasteiger partial charge is 0.508 e. The van der Waals surface area contributed by atoms with Crippen LogP contribution in [0.4, 0.5) is 5.69 Å². The lowest BCUT2D eigenvalue weighted by molar-refractivity contribution is -0.146. The number of nitrogens with zero attached hydrogens (tertiary/aromatic N) is 2. The maximum Gasteiger partial charge on any atom is 0.316 e. The van der Waals surface area contributed by atoms with E-state index in [-0.39, 0.29) is 30.4 Å². The van der Waals surface area contributed by atoms with E-state index in [2.05, 4.69) is 0 Å². The monoisotopic (exact) mass is 370 g/mol. The zero-order chi connectivity index (χ0) is 18.6. The second-order valence-corrected chi connectivity index (χ2v) is 8.16. The summed E-state index contributed by atoms with van der Waals surface area (Å²) in [6, 6.07) is 5.33. The second kappa shape index (κ2) is 7.83. The van der Waals surface area contributed by atoms with Crippen molar-refractivity contribution in [3.63, 3.8) is 0 Å². The fraction of sp³-hybridized carbons (Fsp3) is 0.500. The topological polar surface area (TPSA) is 104 Å². The summed E-state index contributed by atoms with van der Waals surface area (Å²) in [6.45, 7) is 0.350. The van der Waals surface area contributed by atoms with E-state index in [1.165, 1.54) is 48.2 Å². The zero-order valence-corrected chi connectivity index (χ0v) is 15.0. The molecule has 1 N–H and O–H groups in total. The number of methoxy groups -OCH3 is 1. The van der Waals surface area contributed by atoms with Gasteiger partial charge >= 0.3 is 11.8 Å². The first kappa shape index (κ1) is 19.2. The molecule has 0 spiro atoms. The lowest BCUT2D eigenvalue weighted by Crippen LogP contribution is -2.50. The van der Waals surface area contributed by atoms with Crippen molar-refractivity contribution in [1.82, 2.24) is 4.90 Å². The first-order chi connectivity index (χ1) is 11.7. The quantitative estimate of drug-likeness (QED) is 0.733. The van der Waals surface area contributed by atoms with Gasteiger partial charge in [-0.05, 0) is 30.7 Å². The molecule has 1 aromatic carbocycles. The average Bonchev–Trinajstić information content (AvgIpc) is 2.94. The first-order valence-corrected chi connectivity index (χ1v) is 9.64. The van der Waals surface area contributed by atoms with E-state index >= 15 is 0 Å². The molecule has 9 heteroatoms. The minimum absolute atomic E-state index is 0.0103. The number of likely N-dealkylation sites (N-methyl/N-ethyl adjacent to an activating group) is 1. The molecule has 0 aromatic heterocycles. The smallest absolute Gasteiger partial charge is 0.316 e. The molecule has 1 unspecified atom stereocenters. The number of aromatic hydroxyl groups is 1. The van der Waals surface area contributed by atoms with Crippen LogP contribution in [0.5, 0.6) is 5.75 Å². The van der Waals surface area contributed by atoms with E-state index in [4.69, 9.17) is 4.74 Å². The molecular formula is C16H22N2O6S. The Morgan fingerprint density at radius 3 is 2.40 bits per heavy atom. The Balaban J connectivity index is 2.17. The molecule has 1 aliphatic heterocycles. The summed E-state index contributed by atoms with van der Waals surface area (Å²) in [5, 5.41) is 9.31. The van der Waals surface area contributed by atoms with Gasteiger partial charge in [-0.1, -0.05) is 0 Å². The van der Waals surface area contributed by atoms with Crippen LogP contribution >= 0.6 is 0 Å². The number of benzene rings is 1. The Bertz CT molecular complexity index is 731. The van der Waals surface area contributed by atoms with Crippen LogP contribution in [0, 0.1) is 0 Å². The number of carbonyl (C=O) groups excluding carboxylic acids is 2. The number of rotatable bonds is 5. The number of ether oxygens (including phenoxy) is 1. The van der Waals surface area contributed by atoms with E-state index < -0.39 is 27.7 Å². The van der Waals surface area contributed by atoms with Gasteiger partial charge in [0.15, 0.2) is 9.84 Å². The van der Waals surface area contributed by atoms with Crippen molar-refractivity contribution in [1.29, 1.82) is 0 Å². The van der Waals surface area contributed by atoms with Gasteiger partial charge < -0.3 is 19.6 Å². The fourth-order valence-corrected chi connectivity index (χ4v) is 4.45. The predicted octanol–water partition coefficient (Wildman–Crippen LogP) is 0.0171. The van der Waals surface area contributed by atoms with Gasteiger partial charge in [0, 0.05) is 32.4 Å². The van der Waals surface area contributed by atoms with Crippen LogP contribution < -0.4 is 4.90 Å². The molecule has 0 radical (unpaired) electrons. The number of phenolic OH excluding ortho intramolecular Hbond substituents is 1. The van der Waals surface area contributed by atoms with Gasteiger partial charge in [0.25, 0.3) is 0 Å². The van der Waals surface area contributed by atoms with E-state index in [0.717, 1.165) is 0 Å². The molecule has 0 aliphatic carbocycles. The Labute approximate surface area is 146 Å². The molecule has 8 nitrogen and oxygen atoms in total. The first-order valence-electron chi connectivity index (χ1n) is 7.82. The molecule has 1 atom stereocenters.